The molecule has 0 spiro atoms. The molecule has 180 valence electrons. The number of hydrogen-bond donors (Lipinski definition) is 2. The fraction of sp³-hybridized carbons (Fsp3) is 0.308. The van der Waals surface area contributed by atoms with Crippen LogP contribution in [0.25, 0.3) is 0 Å². The number of amides is 2. The second kappa shape index (κ2) is 9.92. The largest absolute Gasteiger partial charge is 0.341 e. The molecule has 2 fully saturated rings. The average molecular weight is 491 g/mol. The van der Waals surface area contributed by atoms with E-state index in [2.05, 4.69) is 25.5 Å². The number of benzene rings is 2. The van der Waals surface area contributed by atoms with Gasteiger partial charge in [0, 0.05) is 59.9 Å². The van der Waals surface area contributed by atoms with Crippen molar-refractivity contribution in [1.82, 2.24) is 9.97 Å². The van der Waals surface area contributed by atoms with Gasteiger partial charge in [-0.15, -0.1) is 0 Å². The number of hydrogen-bond acceptors (Lipinski definition) is 6. The molecule has 3 heterocycles. The van der Waals surface area contributed by atoms with E-state index in [1.165, 1.54) is 12.8 Å². The molecule has 2 amide bonds. The molecule has 2 aliphatic heterocycles. The molecule has 9 heteroatoms. The lowest BCUT2D eigenvalue weighted by molar-refractivity contribution is -0.122. The highest BCUT2D eigenvalue weighted by molar-refractivity contribution is 6.30. The standard InChI is InChI=1S/C26H27ClN6O2/c1-17-14-23(31-26(28-17)32-12-2-3-13-32)29-20-6-8-21(9-7-20)30-25(35)18-15-24(34)33(16-18)22-10-4-19(27)5-11-22/h4-11,14,18H,2-3,12-13,15-16H2,1H3,(H,30,35)(H,28,29,31). The Morgan fingerprint density at radius 3 is 2.40 bits per heavy atom. The molecule has 8 nitrogen and oxygen atoms in total. The monoisotopic (exact) mass is 490 g/mol. The van der Waals surface area contributed by atoms with Crippen molar-refractivity contribution in [2.75, 3.05) is 40.1 Å². The summed E-state index contributed by atoms with van der Waals surface area (Å²) in [5.74, 6) is 0.845. The summed E-state index contributed by atoms with van der Waals surface area (Å²) in [6.07, 6.45) is 2.52. The predicted octanol–water partition coefficient (Wildman–Crippen LogP) is 4.77. The summed E-state index contributed by atoms with van der Waals surface area (Å²) >= 11 is 5.94. The summed E-state index contributed by atoms with van der Waals surface area (Å²) < 4.78 is 0. The fourth-order valence-corrected chi connectivity index (χ4v) is 4.58. The minimum atomic E-state index is -0.413. The van der Waals surface area contributed by atoms with Gasteiger partial charge in [-0.25, -0.2) is 4.98 Å². The van der Waals surface area contributed by atoms with E-state index < -0.39 is 5.92 Å². The number of halogens is 1. The molecule has 35 heavy (non-hydrogen) atoms. The quantitative estimate of drug-likeness (QED) is 0.517. The van der Waals surface area contributed by atoms with E-state index >= 15 is 0 Å². The SMILES string of the molecule is Cc1cc(Nc2ccc(NC(=O)C3CC(=O)N(c4ccc(Cl)cc4)C3)cc2)nc(N2CCCC2)n1. The molecule has 2 aliphatic rings. The lowest BCUT2D eigenvalue weighted by Crippen LogP contribution is -2.28. The van der Waals surface area contributed by atoms with Gasteiger partial charge in [-0.3, -0.25) is 9.59 Å². The van der Waals surface area contributed by atoms with Gasteiger partial charge in [0.25, 0.3) is 0 Å². The highest BCUT2D eigenvalue weighted by Crippen LogP contribution is 2.28. The maximum atomic E-state index is 12.8. The van der Waals surface area contributed by atoms with Gasteiger partial charge in [-0.05, 0) is 68.3 Å². The number of nitrogens with zero attached hydrogens (tertiary/aromatic N) is 4. The molecule has 0 saturated carbocycles. The maximum Gasteiger partial charge on any atom is 0.229 e. The fourth-order valence-electron chi connectivity index (χ4n) is 4.46. The summed E-state index contributed by atoms with van der Waals surface area (Å²) in [6, 6.07) is 16.4. The molecule has 3 aromatic rings. The van der Waals surface area contributed by atoms with E-state index in [-0.39, 0.29) is 18.2 Å². The highest BCUT2D eigenvalue weighted by atomic mass is 35.5. The average Bonchev–Trinajstić information content (AvgIpc) is 3.51. The predicted molar refractivity (Wildman–Crippen MR) is 138 cm³/mol. The van der Waals surface area contributed by atoms with Crippen molar-refractivity contribution in [3.8, 4) is 0 Å². The van der Waals surface area contributed by atoms with Crippen LogP contribution in [-0.4, -0.2) is 41.4 Å². The Labute approximate surface area is 209 Å². The molecule has 0 aliphatic carbocycles. The molecule has 1 atom stereocenters. The first-order valence-corrected chi connectivity index (χ1v) is 12.2. The first-order valence-electron chi connectivity index (χ1n) is 11.8. The maximum absolute atomic E-state index is 12.8. The van der Waals surface area contributed by atoms with Crippen LogP contribution in [0, 0.1) is 12.8 Å². The van der Waals surface area contributed by atoms with Crippen LogP contribution in [0.15, 0.2) is 54.6 Å². The first kappa shape index (κ1) is 23.1. The number of aromatic nitrogens is 2. The Kier molecular flexibility index (Phi) is 6.55. The summed E-state index contributed by atoms with van der Waals surface area (Å²) in [6.45, 7) is 4.29. The second-order valence-electron chi connectivity index (χ2n) is 8.96. The zero-order valence-corrected chi connectivity index (χ0v) is 20.3. The van der Waals surface area contributed by atoms with Crippen molar-refractivity contribution in [2.24, 2.45) is 5.92 Å². The number of carbonyl (C=O) groups is 2. The van der Waals surface area contributed by atoms with Crippen molar-refractivity contribution in [1.29, 1.82) is 0 Å². The lowest BCUT2D eigenvalue weighted by Gasteiger charge is -2.17. The molecule has 5 rings (SSSR count). The van der Waals surface area contributed by atoms with Crippen LogP contribution in [0.5, 0.6) is 0 Å². The molecule has 0 bridgehead atoms. The third kappa shape index (κ3) is 5.38. The van der Waals surface area contributed by atoms with Crippen LogP contribution >= 0.6 is 11.6 Å². The molecule has 1 aromatic heterocycles. The van der Waals surface area contributed by atoms with E-state index in [0.717, 1.165) is 41.9 Å². The Hall–Kier alpha value is -3.65. The van der Waals surface area contributed by atoms with E-state index in [1.54, 1.807) is 29.2 Å². The number of anilines is 5. The van der Waals surface area contributed by atoms with Gasteiger partial charge < -0.3 is 20.4 Å². The van der Waals surface area contributed by atoms with Crippen molar-refractivity contribution >= 4 is 52.2 Å². The van der Waals surface area contributed by atoms with Crippen LogP contribution in [0.3, 0.4) is 0 Å². The molecule has 2 saturated heterocycles. The number of carbonyl (C=O) groups excluding carboxylic acids is 2. The summed E-state index contributed by atoms with van der Waals surface area (Å²) in [5, 5.41) is 6.87. The zero-order chi connectivity index (χ0) is 24.4. The number of rotatable bonds is 6. The van der Waals surface area contributed by atoms with Crippen molar-refractivity contribution in [3.05, 3.63) is 65.3 Å². The van der Waals surface area contributed by atoms with E-state index in [9.17, 15) is 9.59 Å². The topological polar surface area (TPSA) is 90.5 Å². The van der Waals surface area contributed by atoms with Crippen LogP contribution < -0.4 is 20.4 Å². The van der Waals surface area contributed by atoms with Gasteiger partial charge in [0.2, 0.25) is 17.8 Å². The van der Waals surface area contributed by atoms with E-state index in [0.29, 0.717) is 17.3 Å². The van der Waals surface area contributed by atoms with Gasteiger partial charge in [0.1, 0.15) is 5.82 Å². The summed E-state index contributed by atoms with van der Waals surface area (Å²) in [7, 11) is 0. The molecule has 1 unspecified atom stereocenters. The van der Waals surface area contributed by atoms with Gasteiger partial charge in [0.05, 0.1) is 5.92 Å². The highest BCUT2D eigenvalue weighted by Gasteiger charge is 2.35. The van der Waals surface area contributed by atoms with E-state index in [4.69, 9.17) is 11.6 Å². The molecule has 0 radical (unpaired) electrons. The first-order chi connectivity index (χ1) is 16.9. The normalized spacial score (nSPS) is 17.7. The smallest absolute Gasteiger partial charge is 0.229 e. The van der Waals surface area contributed by atoms with Gasteiger partial charge in [-0.2, -0.15) is 4.98 Å². The van der Waals surface area contributed by atoms with Crippen molar-refractivity contribution in [2.45, 2.75) is 26.2 Å². The van der Waals surface area contributed by atoms with Crippen LogP contribution in [0.1, 0.15) is 25.0 Å². The Morgan fingerprint density at radius 2 is 1.69 bits per heavy atom. The minimum Gasteiger partial charge on any atom is -0.341 e. The van der Waals surface area contributed by atoms with Crippen molar-refractivity contribution < 1.29 is 9.59 Å². The van der Waals surface area contributed by atoms with Crippen LogP contribution in [0.2, 0.25) is 5.02 Å². The van der Waals surface area contributed by atoms with Gasteiger partial charge in [-0.1, -0.05) is 11.6 Å². The van der Waals surface area contributed by atoms with Gasteiger partial charge in [0.15, 0.2) is 0 Å². The molecule has 2 aromatic carbocycles. The Morgan fingerprint density at radius 1 is 1.00 bits per heavy atom. The molecule has 2 N–H and O–H groups in total. The van der Waals surface area contributed by atoms with Gasteiger partial charge >= 0.3 is 0 Å². The summed E-state index contributed by atoms with van der Waals surface area (Å²) in [5.41, 5.74) is 3.19. The lowest BCUT2D eigenvalue weighted by atomic mass is 10.1. The summed E-state index contributed by atoms with van der Waals surface area (Å²) in [4.78, 5) is 38.4. The minimum absolute atomic E-state index is 0.0690. The number of aryl methyl sites for hydroxylation is 1. The van der Waals surface area contributed by atoms with Crippen LogP contribution in [0.4, 0.5) is 28.8 Å². The Balaban J connectivity index is 1.20. The molecular weight excluding hydrogens is 464 g/mol. The number of nitrogens with one attached hydrogen (secondary N) is 2. The van der Waals surface area contributed by atoms with Crippen molar-refractivity contribution in [3.63, 3.8) is 0 Å². The van der Waals surface area contributed by atoms with E-state index in [1.807, 2.05) is 37.3 Å². The van der Waals surface area contributed by atoms with Crippen LogP contribution in [-0.2, 0) is 9.59 Å². The Bertz CT molecular complexity index is 1230. The molecular formula is C26H27ClN6O2. The third-order valence-corrected chi connectivity index (χ3v) is 6.54. The third-order valence-electron chi connectivity index (χ3n) is 6.29. The second-order valence-corrected chi connectivity index (χ2v) is 9.40. The zero-order valence-electron chi connectivity index (χ0n) is 19.5.